The van der Waals surface area contributed by atoms with Crippen LogP contribution in [-0.4, -0.2) is 35.1 Å². The van der Waals surface area contributed by atoms with E-state index in [0.717, 1.165) is 32.1 Å². The lowest BCUT2D eigenvalue weighted by Gasteiger charge is -2.27. The van der Waals surface area contributed by atoms with E-state index in [0.29, 0.717) is 12.6 Å². The van der Waals surface area contributed by atoms with E-state index in [1.54, 1.807) is 0 Å². The van der Waals surface area contributed by atoms with E-state index in [2.05, 4.69) is 12.2 Å². The number of carbonyl (C=O) groups excluding carboxylic acids is 1. The minimum Gasteiger partial charge on any atom is -0.395 e. The molecule has 2 aliphatic carbocycles. The van der Waals surface area contributed by atoms with Crippen molar-refractivity contribution in [2.45, 2.75) is 38.1 Å². The molecule has 3 nitrogen and oxygen atoms in total. The van der Waals surface area contributed by atoms with Crippen molar-refractivity contribution in [3.05, 3.63) is 12.2 Å². The molecule has 15 heavy (non-hydrogen) atoms. The van der Waals surface area contributed by atoms with Gasteiger partial charge in [-0.05, 0) is 32.1 Å². The molecule has 0 heterocycles. The first kappa shape index (κ1) is 10.7. The molecule has 1 N–H and O–H groups in total. The van der Waals surface area contributed by atoms with E-state index >= 15 is 0 Å². The summed E-state index contributed by atoms with van der Waals surface area (Å²) in [6, 6.07) is 0.426. The second-order valence-corrected chi connectivity index (χ2v) is 4.47. The molecular formula is C12H19NO2. The summed E-state index contributed by atoms with van der Waals surface area (Å²) in [6.07, 6.45) is 9.38. The van der Waals surface area contributed by atoms with Gasteiger partial charge in [0.2, 0.25) is 5.91 Å². The molecule has 0 aromatic heterocycles. The number of amides is 1. The zero-order valence-electron chi connectivity index (χ0n) is 9.06. The van der Waals surface area contributed by atoms with Gasteiger partial charge in [-0.15, -0.1) is 0 Å². The van der Waals surface area contributed by atoms with Crippen LogP contribution in [0.3, 0.4) is 0 Å². The Hall–Kier alpha value is -0.830. The summed E-state index contributed by atoms with van der Waals surface area (Å²) >= 11 is 0. The topological polar surface area (TPSA) is 40.5 Å². The van der Waals surface area contributed by atoms with E-state index in [9.17, 15) is 4.79 Å². The van der Waals surface area contributed by atoms with Crippen LogP contribution in [0, 0.1) is 5.92 Å². The van der Waals surface area contributed by atoms with Crippen molar-refractivity contribution >= 4 is 5.91 Å². The lowest BCUT2D eigenvalue weighted by atomic mass is 9.93. The maximum absolute atomic E-state index is 12.2. The summed E-state index contributed by atoms with van der Waals surface area (Å²) in [6.45, 7) is 0.606. The highest BCUT2D eigenvalue weighted by Gasteiger charge is 2.35. The molecule has 1 amide bonds. The first-order valence-corrected chi connectivity index (χ1v) is 5.89. The minimum absolute atomic E-state index is 0.0881. The summed E-state index contributed by atoms with van der Waals surface area (Å²) in [7, 11) is 0. The molecular weight excluding hydrogens is 190 g/mol. The Balaban J connectivity index is 1.93. The van der Waals surface area contributed by atoms with Gasteiger partial charge in [0.15, 0.2) is 0 Å². The number of nitrogens with zero attached hydrogens (tertiary/aromatic N) is 1. The molecule has 0 bridgehead atoms. The molecule has 1 saturated carbocycles. The van der Waals surface area contributed by atoms with E-state index in [4.69, 9.17) is 5.11 Å². The number of aliphatic hydroxyl groups excluding tert-OH is 1. The van der Waals surface area contributed by atoms with Crippen molar-refractivity contribution in [2.24, 2.45) is 5.92 Å². The van der Waals surface area contributed by atoms with Crippen LogP contribution in [0.25, 0.3) is 0 Å². The minimum atomic E-state index is 0.0881. The summed E-state index contributed by atoms with van der Waals surface area (Å²) in [5.74, 6) is 0.429. The average Bonchev–Trinajstić information content (AvgIpc) is 3.10. The SMILES string of the molecule is O=C(C1CC=CCC1)N(CCO)C1CC1. The highest BCUT2D eigenvalue weighted by molar-refractivity contribution is 5.79. The summed E-state index contributed by atoms with van der Waals surface area (Å²) < 4.78 is 0. The highest BCUT2D eigenvalue weighted by atomic mass is 16.3. The fourth-order valence-electron chi connectivity index (χ4n) is 2.22. The predicted molar refractivity (Wildman–Crippen MR) is 58.3 cm³/mol. The van der Waals surface area contributed by atoms with Crippen molar-refractivity contribution in [3.8, 4) is 0 Å². The van der Waals surface area contributed by atoms with Crippen molar-refractivity contribution < 1.29 is 9.90 Å². The Labute approximate surface area is 90.8 Å². The number of rotatable bonds is 4. The van der Waals surface area contributed by atoms with Gasteiger partial charge in [-0.1, -0.05) is 12.2 Å². The fraction of sp³-hybridized carbons (Fsp3) is 0.750. The second-order valence-electron chi connectivity index (χ2n) is 4.47. The summed E-state index contributed by atoms with van der Waals surface area (Å²) in [5, 5.41) is 8.95. The maximum Gasteiger partial charge on any atom is 0.226 e. The van der Waals surface area contributed by atoms with E-state index < -0.39 is 0 Å². The maximum atomic E-state index is 12.2. The molecule has 1 unspecified atom stereocenters. The Bertz CT molecular complexity index is 258. The van der Waals surface area contributed by atoms with Crippen molar-refractivity contribution in [1.29, 1.82) is 0 Å². The number of hydrogen-bond acceptors (Lipinski definition) is 2. The van der Waals surface area contributed by atoms with Crippen LogP contribution in [-0.2, 0) is 4.79 Å². The Morgan fingerprint density at radius 3 is 2.67 bits per heavy atom. The van der Waals surface area contributed by atoms with Crippen LogP contribution >= 0.6 is 0 Å². The van der Waals surface area contributed by atoms with Crippen molar-refractivity contribution in [1.82, 2.24) is 4.90 Å². The monoisotopic (exact) mass is 209 g/mol. The third kappa shape index (κ3) is 2.59. The van der Waals surface area contributed by atoms with Crippen LogP contribution in [0.4, 0.5) is 0 Å². The summed E-state index contributed by atoms with van der Waals surface area (Å²) in [4.78, 5) is 14.0. The van der Waals surface area contributed by atoms with Gasteiger partial charge in [0.05, 0.1) is 6.61 Å². The normalized spacial score (nSPS) is 25.3. The molecule has 0 aliphatic heterocycles. The van der Waals surface area contributed by atoms with Gasteiger partial charge in [0.25, 0.3) is 0 Å². The van der Waals surface area contributed by atoms with Crippen LogP contribution in [0.2, 0.25) is 0 Å². The molecule has 0 aromatic rings. The largest absolute Gasteiger partial charge is 0.395 e. The van der Waals surface area contributed by atoms with Crippen LogP contribution in [0.15, 0.2) is 12.2 Å². The number of allylic oxidation sites excluding steroid dienone is 2. The molecule has 0 saturated heterocycles. The van der Waals surface area contributed by atoms with Crippen LogP contribution in [0.5, 0.6) is 0 Å². The van der Waals surface area contributed by atoms with Gasteiger partial charge >= 0.3 is 0 Å². The van der Waals surface area contributed by atoms with E-state index in [-0.39, 0.29) is 18.4 Å². The highest BCUT2D eigenvalue weighted by Crippen LogP contribution is 2.30. The second kappa shape index (κ2) is 4.79. The third-order valence-electron chi connectivity index (χ3n) is 3.23. The fourth-order valence-corrected chi connectivity index (χ4v) is 2.22. The van der Waals surface area contributed by atoms with Gasteiger partial charge in [-0.2, -0.15) is 0 Å². The summed E-state index contributed by atoms with van der Waals surface area (Å²) in [5.41, 5.74) is 0. The van der Waals surface area contributed by atoms with Gasteiger partial charge in [-0.25, -0.2) is 0 Å². The molecule has 84 valence electrons. The van der Waals surface area contributed by atoms with Gasteiger partial charge in [0.1, 0.15) is 0 Å². The van der Waals surface area contributed by atoms with Gasteiger partial charge in [0, 0.05) is 18.5 Å². The van der Waals surface area contributed by atoms with Crippen molar-refractivity contribution in [3.63, 3.8) is 0 Å². The number of carbonyl (C=O) groups is 1. The Morgan fingerprint density at radius 2 is 2.13 bits per heavy atom. The molecule has 1 fully saturated rings. The third-order valence-corrected chi connectivity index (χ3v) is 3.23. The average molecular weight is 209 g/mol. The predicted octanol–water partition coefficient (Wildman–Crippen LogP) is 1.33. The molecule has 0 spiro atoms. The lowest BCUT2D eigenvalue weighted by Crippen LogP contribution is -2.40. The number of hydrogen-bond donors (Lipinski definition) is 1. The zero-order chi connectivity index (χ0) is 10.7. The molecule has 3 heteroatoms. The van der Waals surface area contributed by atoms with Gasteiger partial charge < -0.3 is 10.0 Å². The van der Waals surface area contributed by atoms with Crippen molar-refractivity contribution in [2.75, 3.05) is 13.2 Å². The smallest absolute Gasteiger partial charge is 0.226 e. The Kier molecular flexibility index (Phi) is 3.41. The zero-order valence-corrected chi connectivity index (χ0v) is 9.06. The van der Waals surface area contributed by atoms with Crippen LogP contribution in [0.1, 0.15) is 32.1 Å². The standard InChI is InChI=1S/C12H19NO2/c14-9-8-13(11-6-7-11)12(15)10-4-2-1-3-5-10/h1-2,10-11,14H,3-9H2. The quantitative estimate of drug-likeness (QED) is 0.709. The number of aliphatic hydroxyl groups is 1. The molecule has 2 rings (SSSR count). The molecule has 2 aliphatic rings. The molecule has 0 aromatic carbocycles. The van der Waals surface area contributed by atoms with E-state index in [1.165, 1.54) is 0 Å². The lowest BCUT2D eigenvalue weighted by molar-refractivity contribution is -0.136. The molecule has 1 atom stereocenters. The first-order valence-electron chi connectivity index (χ1n) is 5.89. The van der Waals surface area contributed by atoms with Gasteiger partial charge in [-0.3, -0.25) is 4.79 Å². The van der Waals surface area contributed by atoms with E-state index in [1.807, 2.05) is 4.90 Å². The first-order chi connectivity index (χ1) is 7.33. The Morgan fingerprint density at radius 1 is 1.33 bits per heavy atom. The molecule has 0 radical (unpaired) electrons. The van der Waals surface area contributed by atoms with Crippen LogP contribution < -0.4 is 0 Å².